The summed E-state index contributed by atoms with van der Waals surface area (Å²) in [5.74, 6) is 0.820. The number of primary amides is 1. The predicted molar refractivity (Wildman–Crippen MR) is 87.5 cm³/mol. The average Bonchev–Trinajstić information content (AvgIpc) is 3.06. The lowest BCUT2D eigenvalue weighted by atomic mass is 9.88. The molecule has 4 rings (SSSR count). The van der Waals surface area contributed by atoms with Gasteiger partial charge in [-0.05, 0) is 37.5 Å². The van der Waals surface area contributed by atoms with Crippen LogP contribution in [0.4, 0.5) is 0 Å². The van der Waals surface area contributed by atoms with Crippen molar-refractivity contribution in [3.05, 3.63) is 0 Å². The van der Waals surface area contributed by atoms with Gasteiger partial charge in [-0.15, -0.1) is 0 Å². The number of likely N-dealkylation sites (tertiary alicyclic amines) is 2. The molecule has 2 aliphatic carbocycles. The Morgan fingerprint density at radius 3 is 2.30 bits per heavy atom. The van der Waals surface area contributed by atoms with Crippen LogP contribution < -0.4 is 5.73 Å². The van der Waals surface area contributed by atoms with Crippen molar-refractivity contribution >= 4 is 11.8 Å². The van der Waals surface area contributed by atoms with E-state index in [-0.39, 0.29) is 23.8 Å². The second-order valence-corrected chi connectivity index (χ2v) is 8.14. The fraction of sp³-hybridized carbons (Fsp3) is 0.889. The third kappa shape index (κ3) is 2.67. The highest BCUT2D eigenvalue weighted by Gasteiger charge is 2.51. The highest BCUT2D eigenvalue weighted by atomic mass is 16.2. The fourth-order valence-corrected chi connectivity index (χ4v) is 5.54. The minimum absolute atomic E-state index is 0.0950. The Kier molecular flexibility index (Phi) is 4.08. The largest absolute Gasteiger partial charge is 0.368 e. The van der Waals surface area contributed by atoms with Gasteiger partial charge in [-0.3, -0.25) is 14.5 Å². The van der Waals surface area contributed by atoms with E-state index in [0.717, 1.165) is 32.5 Å². The monoisotopic (exact) mass is 319 g/mol. The van der Waals surface area contributed by atoms with Crippen LogP contribution in [-0.2, 0) is 9.59 Å². The van der Waals surface area contributed by atoms with Crippen LogP contribution in [0.1, 0.15) is 51.4 Å². The van der Waals surface area contributed by atoms with Crippen LogP contribution in [0.25, 0.3) is 0 Å². The molecule has 2 aliphatic heterocycles. The standard InChI is InChI=1S/C18H29N3O2/c19-17(22)16-15-8-4-5-12(15)11-21(16)18(23)13-9-20(10-13)14-6-2-1-3-7-14/h12-16H,1-11H2,(H2,19,22). The molecule has 5 heteroatoms. The number of rotatable bonds is 3. The summed E-state index contributed by atoms with van der Waals surface area (Å²) < 4.78 is 0. The van der Waals surface area contributed by atoms with Crippen LogP contribution >= 0.6 is 0 Å². The predicted octanol–water partition coefficient (Wildman–Crippen LogP) is 1.36. The molecule has 2 saturated heterocycles. The van der Waals surface area contributed by atoms with Crippen LogP contribution in [0.3, 0.4) is 0 Å². The summed E-state index contributed by atoms with van der Waals surface area (Å²) in [6, 6.07) is 0.358. The second-order valence-electron chi connectivity index (χ2n) is 8.14. The number of hydrogen-bond acceptors (Lipinski definition) is 3. The SMILES string of the molecule is NC(=O)C1C2CCCC2CN1C(=O)C1CN(C2CCCCC2)C1. The first-order valence-corrected chi connectivity index (χ1v) is 9.49. The Morgan fingerprint density at radius 2 is 1.61 bits per heavy atom. The summed E-state index contributed by atoms with van der Waals surface area (Å²) in [6.07, 6.45) is 10.00. The first-order chi connectivity index (χ1) is 11.1. The van der Waals surface area contributed by atoms with Gasteiger partial charge in [-0.25, -0.2) is 0 Å². The molecule has 2 heterocycles. The number of carbonyl (C=O) groups excluding carboxylic acids is 2. The number of nitrogens with two attached hydrogens (primary N) is 1. The summed E-state index contributed by atoms with van der Waals surface area (Å²) in [4.78, 5) is 29.1. The highest BCUT2D eigenvalue weighted by Crippen LogP contribution is 2.43. The van der Waals surface area contributed by atoms with Gasteiger partial charge in [0.1, 0.15) is 6.04 Å². The van der Waals surface area contributed by atoms with Crippen molar-refractivity contribution in [2.45, 2.75) is 63.5 Å². The molecule has 5 nitrogen and oxygen atoms in total. The Morgan fingerprint density at radius 1 is 0.870 bits per heavy atom. The molecule has 3 atom stereocenters. The fourth-order valence-electron chi connectivity index (χ4n) is 5.54. The zero-order chi connectivity index (χ0) is 16.0. The van der Waals surface area contributed by atoms with Crippen molar-refractivity contribution in [2.75, 3.05) is 19.6 Å². The molecule has 2 saturated carbocycles. The lowest BCUT2D eigenvalue weighted by Crippen LogP contribution is -2.59. The van der Waals surface area contributed by atoms with Crippen molar-refractivity contribution in [3.8, 4) is 0 Å². The molecule has 2 amide bonds. The molecular weight excluding hydrogens is 290 g/mol. The molecule has 23 heavy (non-hydrogen) atoms. The van der Waals surface area contributed by atoms with Crippen molar-refractivity contribution in [1.29, 1.82) is 0 Å². The van der Waals surface area contributed by atoms with Crippen LogP contribution in [0, 0.1) is 17.8 Å². The molecule has 2 N–H and O–H groups in total. The number of amides is 2. The van der Waals surface area contributed by atoms with Crippen LogP contribution in [0.5, 0.6) is 0 Å². The van der Waals surface area contributed by atoms with Gasteiger partial charge in [0.2, 0.25) is 11.8 Å². The number of fused-ring (bicyclic) bond motifs is 1. The normalized spacial score (nSPS) is 36.0. The van der Waals surface area contributed by atoms with Crippen LogP contribution in [0.2, 0.25) is 0 Å². The molecule has 128 valence electrons. The summed E-state index contributed by atoms with van der Waals surface area (Å²) in [5, 5.41) is 0. The average molecular weight is 319 g/mol. The summed E-state index contributed by atoms with van der Waals surface area (Å²) >= 11 is 0. The van der Waals surface area contributed by atoms with Gasteiger partial charge in [0.05, 0.1) is 5.92 Å². The molecule has 0 aromatic heterocycles. The van der Waals surface area contributed by atoms with Gasteiger partial charge >= 0.3 is 0 Å². The maximum absolute atomic E-state index is 12.9. The maximum atomic E-state index is 12.9. The van der Waals surface area contributed by atoms with Crippen molar-refractivity contribution in [1.82, 2.24) is 9.80 Å². The molecule has 0 radical (unpaired) electrons. The molecule has 0 bridgehead atoms. The topological polar surface area (TPSA) is 66.6 Å². The first kappa shape index (κ1) is 15.4. The Bertz CT molecular complexity index is 483. The summed E-state index contributed by atoms with van der Waals surface area (Å²) in [5.41, 5.74) is 5.64. The second kappa shape index (κ2) is 6.08. The van der Waals surface area contributed by atoms with Crippen molar-refractivity contribution < 1.29 is 9.59 Å². The number of hydrogen-bond donors (Lipinski definition) is 1. The summed E-state index contributed by atoms with van der Waals surface area (Å²) in [6.45, 7) is 2.54. The zero-order valence-corrected chi connectivity index (χ0v) is 14.0. The minimum Gasteiger partial charge on any atom is -0.368 e. The Balaban J connectivity index is 1.37. The van der Waals surface area contributed by atoms with E-state index in [4.69, 9.17) is 5.73 Å². The van der Waals surface area contributed by atoms with Crippen molar-refractivity contribution in [2.24, 2.45) is 23.5 Å². The Hall–Kier alpha value is -1.10. The van der Waals surface area contributed by atoms with Gasteiger partial charge in [-0.1, -0.05) is 25.7 Å². The van der Waals surface area contributed by atoms with Gasteiger partial charge in [0, 0.05) is 25.7 Å². The first-order valence-electron chi connectivity index (χ1n) is 9.49. The minimum atomic E-state index is -0.335. The van der Waals surface area contributed by atoms with E-state index >= 15 is 0 Å². The smallest absolute Gasteiger partial charge is 0.240 e. The van der Waals surface area contributed by atoms with Crippen LogP contribution in [0.15, 0.2) is 0 Å². The van der Waals surface area contributed by atoms with E-state index in [1.54, 1.807) is 0 Å². The van der Waals surface area contributed by atoms with Gasteiger partial charge in [-0.2, -0.15) is 0 Å². The third-order valence-corrected chi connectivity index (χ3v) is 6.82. The van der Waals surface area contributed by atoms with Gasteiger partial charge in [0.15, 0.2) is 0 Å². The molecule has 4 fully saturated rings. The quantitative estimate of drug-likeness (QED) is 0.854. The molecule has 0 aromatic carbocycles. The van der Waals surface area contributed by atoms with E-state index in [2.05, 4.69) is 4.90 Å². The Labute approximate surface area is 138 Å². The van der Waals surface area contributed by atoms with Gasteiger partial charge in [0.25, 0.3) is 0 Å². The molecular formula is C18H29N3O2. The van der Waals surface area contributed by atoms with Gasteiger partial charge < -0.3 is 10.6 Å². The lowest BCUT2D eigenvalue weighted by Gasteiger charge is -2.46. The number of carbonyl (C=O) groups is 2. The van der Waals surface area contributed by atoms with E-state index < -0.39 is 0 Å². The molecule has 3 unspecified atom stereocenters. The maximum Gasteiger partial charge on any atom is 0.240 e. The summed E-state index contributed by atoms with van der Waals surface area (Å²) in [7, 11) is 0. The number of nitrogens with zero attached hydrogens (tertiary/aromatic N) is 2. The van der Waals surface area contributed by atoms with Crippen LogP contribution in [-0.4, -0.2) is 53.3 Å². The molecule has 0 aromatic rings. The highest BCUT2D eigenvalue weighted by molar-refractivity contribution is 5.89. The molecule has 0 spiro atoms. The van der Waals surface area contributed by atoms with E-state index in [9.17, 15) is 9.59 Å². The van der Waals surface area contributed by atoms with E-state index in [0.29, 0.717) is 17.9 Å². The van der Waals surface area contributed by atoms with E-state index in [1.807, 2.05) is 4.90 Å². The van der Waals surface area contributed by atoms with E-state index in [1.165, 1.54) is 38.5 Å². The lowest BCUT2D eigenvalue weighted by molar-refractivity contribution is -0.147. The van der Waals surface area contributed by atoms with Crippen molar-refractivity contribution in [3.63, 3.8) is 0 Å². The third-order valence-electron chi connectivity index (χ3n) is 6.82. The molecule has 4 aliphatic rings. The zero-order valence-electron chi connectivity index (χ0n) is 14.0.